The quantitative estimate of drug-likeness (QED) is 0.738. The second-order valence-corrected chi connectivity index (χ2v) is 6.96. The van der Waals surface area contributed by atoms with E-state index in [0.717, 1.165) is 6.42 Å². The molecule has 0 saturated carbocycles. The number of hydrogen-bond donors (Lipinski definition) is 0. The first-order chi connectivity index (χ1) is 12.9. The number of carbonyl (C=O) groups excluding carboxylic acids is 4. The Labute approximate surface area is 158 Å². The molecule has 2 aliphatic heterocycles. The van der Waals surface area contributed by atoms with Crippen molar-refractivity contribution in [3.63, 3.8) is 0 Å². The minimum atomic E-state index is -0.703. The molecule has 1 fully saturated rings. The van der Waals surface area contributed by atoms with E-state index >= 15 is 0 Å². The normalized spacial score (nSPS) is 19.6. The standard InChI is InChI=1S/C20H24N2O5/c1-3-4-17(24)14-5-6-18-16(11-14)22(20(26)13(2)27-18)12-19(25)21-9-7-15(23)8-10-21/h5-6,11,13H,3-4,7-10,12H2,1-2H3. The maximum atomic E-state index is 12.7. The number of anilines is 1. The van der Waals surface area contributed by atoms with Gasteiger partial charge in [-0.2, -0.15) is 0 Å². The number of Topliss-reactive ketones (excluding diaryl/α,β-unsaturated/α-hetero) is 2. The zero-order valence-electron chi connectivity index (χ0n) is 15.7. The molecule has 3 rings (SSSR count). The SMILES string of the molecule is CCCC(=O)c1ccc2c(c1)N(CC(=O)N1CCC(=O)CC1)C(=O)C(C)O2. The van der Waals surface area contributed by atoms with E-state index in [1.807, 2.05) is 6.92 Å². The van der Waals surface area contributed by atoms with Crippen LogP contribution in [0.5, 0.6) is 5.75 Å². The van der Waals surface area contributed by atoms with Gasteiger partial charge in [0.2, 0.25) is 5.91 Å². The lowest BCUT2D eigenvalue weighted by Gasteiger charge is -2.35. The molecular weight excluding hydrogens is 348 g/mol. The number of ether oxygens (including phenoxy) is 1. The summed E-state index contributed by atoms with van der Waals surface area (Å²) in [6, 6.07) is 5.00. The third-order valence-electron chi connectivity index (χ3n) is 4.93. The van der Waals surface area contributed by atoms with E-state index in [4.69, 9.17) is 4.74 Å². The first-order valence-electron chi connectivity index (χ1n) is 9.35. The molecule has 1 unspecified atom stereocenters. The highest BCUT2D eigenvalue weighted by atomic mass is 16.5. The maximum absolute atomic E-state index is 12.7. The number of likely N-dealkylation sites (tertiary alicyclic amines) is 1. The topological polar surface area (TPSA) is 84.0 Å². The zero-order chi connectivity index (χ0) is 19.6. The second kappa shape index (κ2) is 7.90. The molecule has 1 saturated heterocycles. The summed E-state index contributed by atoms with van der Waals surface area (Å²) in [5, 5.41) is 0. The average molecular weight is 372 g/mol. The summed E-state index contributed by atoms with van der Waals surface area (Å²) in [4.78, 5) is 51.9. The van der Waals surface area contributed by atoms with Crippen LogP contribution in [0.25, 0.3) is 0 Å². The Morgan fingerprint density at radius 2 is 1.89 bits per heavy atom. The van der Waals surface area contributed by atoms with Crippen LogP contribution < -0.4 is 9.64 Å². The fourth-order valence-electron chi connectivity index (χ4n) is 3.36. The Bertz CT molecular complexity index is 779. The van der Waals surface area contributed by atoms with Gasteiger partial charge in [-0.15, -0.1) is 0 Å². The van der Waals surface area contributed by atoms with Crippen LogP contribution in [0.4, 0.5) is 5.69 Å². The van der Waals surface area contributed by atoms with Gasteiger partial charge < -0.3 is 9.64 Å². The van der Waals surface area contributed by atoms with Crippen molar-refractivity contribution in [2.45, 2.75) is 45.6 Å². The van der Waals surface area contributed by atoms with Crippen LogP contribution in [0.3, 0.4) is 0 Å². The van der Waals surface area contributed by atoms with Crippen LogP contribution in [0.15, 0.2) is 18.2 Å². The van der Waals surface area contributed by atoms with E-state index in [1.54, 1.807) is 30.0 Å². The molecule has 2 amide bonds. The number of amides is 2. The van der Waals surface area contributed by atoms with Crippen molar-refractivity contribution in [2.75, 3.05) is 24.5 Å². The highest BCUT2D eigenvalue weighted by Crippen LogP contribution is 2.35. The smallest absolute Gasteiger partial charge is 0.268 e. The van der Waals surface area contributed by atoms with Gasteiger partial charge in [0.25, 0.3) is 5.91 Å². The van der Waals surface area contributed by atoms with Crippen molar-refractivity contribution >= 4 is 29.1 Å². The van der Waals surface area contributed by atoms with Crippen LogP contribution in [-0.2, 0) is 14.4 Å². The number of benzene rings is 1. The third-order valence-corrected chi connectivity index (χ3v) is 4.93. The first-order valence-corrected chi connectivity index (χ1v) is 9.35. The number of ketones is 2. The third kappa shape index (κ3) is 4.02. The zero-order valence-corrected chi connectivity index (χ0v) is 15.7. The second-order valence-electron chi connectivity index (χ2n) is 6.96. The molecule has 144 valence electrons. The fourth-order valence-corrected chi connectivity index (χ4v) is 3.36. The summed E-state index contributed by atoms with van der Waals surface area (Å²) < 4.78 is 5.64. The average Bonchev–Trinajstić information content (AvgIpc) is 2.65. The van der Waals surface area contributed by atoms with Gasteiger partial charge in [-0.1, -0.05) is 6.92 Å². The van der Waals surface area contributed by atoms with E-state index in [9.17, 15) is 19.2 Å². The minimum Gasteiger partial charge on any atom is -0.479 e. The van der Waals surface area contributed by atoms with Crippen molar-refractivity contribution in [3.8, 4) is 5.75 Å². The largest absolute Gasteiger partial charge is 0.479 e. The minimum absolute atomic E-state index is 0.00723. The predicted molar refractivity (Wildman–Crippen MR) is 98.9 cm³/mol. The van der Waals surface area contributed by atoms with Gasteiger partial charge in [-0.25, -0.2) is 0 Å². The molecule has 2 heterocycles. The summed E-state index contributed by atoms with van der Waals surface area (Å²) in [7, 11) is 0. The van der Waals surface area contributed by atoms with Crippen LogP contribution in [0.1, 0.15) is 49.9 Å². The Hall–Kier alpha value is -2.70. The highest BCUT2D eigenvalue weighted by Gasteiger charge is 2.34. The molecule has 0 bridgehead atoms. The molecule has 27 heavy (non-hydrogen) atoms. The van der Waals surface area contributed by atoms with Crippen molar-refractivity contribution in [1.82, 2.24) is 4.90 Å². The molecule has 7 heteroatoms. The molecule has 1 aromatic rings. The van der Waals surface area contributed by atoms with E-state index in [-0.39, 0.29) is 29.9 Å². The predicted octanol–water partition coefficient (Wildman–Crippen LogP) is 1.97. The van der Waals surface area contributed by atoms with Gasteiger partial charge in [-0.3, -0.25) is 24.1 Å². The summed E-state index contributed by atoms with van der Waals surface area (Å²) in [5.74, 6) is 0.105. The number of nitrogens with zero attached hydrogens (tertiary/aromatic N) is 2. The molecule has 0 aliphatic carbocycles. The molecule has 0 radical (unpaired) electrons. The molecular formula is C20H24N2O5. The van der Waals surface area contributed by atoms with Gasteiger partial charge in [0, 0.05) is 37.9 Å². The number of rotatable bonds is 5. The van der Waals surface area contributed by atoms with Crippen LogP contribution in [-0.4, -0.2) is 54.0 Å². The monoisotopic (exact) mass is 372 g/mol. The van der Waals surface area contributed by atoms with Gasteiger partial charge in [-0.05, 0) is 31.5 Å². The Morgan fingerprint density at radius 1 is 1.19 bits per heavy atom. The molecule has 0 N–H and O–H groups in total. The van der Waals surface area contributed by atoms with Crippen molar-refractivity contribution in [2.24, 2.45) is 0 Å². The lowest BCUT2D eigenvalue weighted by atomic mass is 10.0. The summed E-state index contributed by atoms with van der Waals surface area (Å²) in [6.07, 6.45) is 1.16. The highest BCUT2D eigenvalue weighted by molar-refractivity contribution is 6.05. The lowest BCUT2D eigenvalue weighted by Crippen LogP contribution is -2.50. The van der Waals surface area contributed by atoms with Crippen LogP contribution >= 0.6 is 0 Å². The molecule has 0 aromatic heterocycles. The lowest BCUT2D eigenvalue weighted by molar-refractivity contribution is -0.135. The van der Waals surface area contributed by atoms with Crippen molar-refractivity contribution in [3.05, 3.63) is 23.8 Å². The van der Waals surface area contributed by atoms with Gasteiger partial charge in [0.1, 0.15) is 18.1 Å². The van der Waals surface area contributed by atoms with E-state index in [1.165, 1.54) is 4.90 Å². The Balaban J connectivity index is 1.85. The molecule has 1 aromatic carbocycles. The van der Waals surface area contributed by atoms with E-state index in [0.29, 0.717) is 49.4 Å². The van der Waals surface area contributed by atoms with Crippen LogP contribution in [0.2, 0.25) is 0 Å². The number of hydrogen-bond acceptors (Lipinski definition) is 5. The number of piperidine rings is 1. The molecule has 2 aliphatic rings. The van der Waals surface area contributed by atoms with Crippen molar-refractivity contribution < 1.29 is 23.9 Å². The van der Waals surface area contributed by atoms with Crippen LogP contribution in [0, 0.1) is 0 Å². The van der Waals surface area contributed by atoms with Crippen molar-refractivity contribution in [1.29, 1.82) is 0 Å². The summed E-state index contributed by atoms with van der Waals surface area (Å²) in [6.45, 7) is 4.21. The number of fused-ring (bicyclic) bond motifs is 1. The van der Waals surface area contributed by atoms with Gasteiger partial charge >= 0.3 is 0 Å². The van der Waals surface area contributed by atoms with E-state index in [2.05, 4.69) is 0 Å². The molecule has 0 spiro atoms. The molecule has 7 nitrogen and oxygen atoms in total. The Kier molecular flexibility index (Phi) is 5.58. The van der Waals surface area contributed by atoms with Gasteiger partial charge in [0.15, 0.2) is 11.9 Å². The Morgan fingerprint density at radius 3 is 2.56 bits per heavy atom. The molecule has 1 atom stereocenters. The number of carbonyl (C=O) groups is 4. The van der Waals surface area contributed by atoms with Gasteiger partial charge in [0.05, 0.1) is 5.69 Å². The maximum Gasteiger partial charge on any atom is 0.268 e. The summed E-state index contributed by atoms with van der Waals surface area (Å²) in [5.41, 5.74) is 0.948. The van der Waals surface area contributed by atoms with E-state index < -0.39 is 6.10 Å². The first kappa shape index (κ1) is 19.1. The summed E-state index contributed by atoms with van der Waals surface area (Å²) >= 11 is 0. The fraction of sp³-hybridized carbons (Fsp3) is 0.500.